The average Bonchev–Trinajstić information content (AvgIpc) is 2.70. The van der Waals surface area contributed by atoms with Crippen LogP contribution in [-0.2, 0) is 11.2 Å². The highest BCUT2D eigenvalue weighted by Crippen LogP contribution is 2.29. The van der Waals surface area contributed by atoms with Gasteiger partial charge in [0.05, 0.1) is 17.0 Å². The molecule has 0 aliphatic carbocycles. The number of carboxylic acids is 1. The van der Waals surface area contributed by atoms with Crippen LogP contribution in [0.15, 0.2) is 18.2 Å². The van der Waals surface area contributed by atoms with Crippen molar-refractivity contribution in [2.45, 2.75) is 13.3 Å². The molecule has 8 heteroatoms. The number of benzene rings is 1. The normalized spacial score (nSPS) is 10.5. The Morgan fingerprint density at radius 1 is 1.55 bits per heavy atom. The Balaban J connectivity index is 2.44. The summed E-state index contributed by atoms with van der Waals surface area (Å²) in [6.45, 7) is 1.69. The number of hydrogen-bond acceptors (Lipinski definition) is 4. The van der Waals surface area contributed by atoms with Gasteiger partial charge in [0, 0.05) is 17.3 Å². The van der Waals surface area contributed by atoms with Gasteiger partial charge in [0.15, 0.2) is 0 Å². The number of aromatic amines is 1. The van der Waals surface area contributed by atoms with Crippen LogP contribution in [0, 0.1) is 17.0 Å². The van der Waals surface area contributed by atoms with Gasteiger partial charge >= 0.3 is 5.97 Å². The van der Waals surface area contributed by atoms with Crippen molar-refractivity contribution >= 4 is 23.3 Å². The fourth-order valence-electron chi connectivity index (χ4n) is 1.75. The van der Waals surface area contributed by atoms with E-state index in [1.54, 1.807) is 13.0 Å². The molecule has 0 fully saturated rings. The summed E-state index contributed by atoms with van der Waals surface area (Å²) in [5.74, 6) is -0.619. The Bertz CT molecular complexity index is 696. The van der Waals surface area contributed by atoms with Gasteiger partial charge in [-0.1, -0.05) is 11.6 Å². The lowest BCUT2D eigenvalue weighted by molar-refractivity contribution is -0.384. The van der Waals surface area contributed by atoms with E-state index < -0.39 is 10.9 Å². The van der Waals surface area contributed by atoms with Gasteiger partial charge < -0.3 is 10.1 Å². The van der Waals surface area contributed by atoms with Crippen molar-refractivity contribution in [3.63, 3.8) is 0 Å². The number of nitro groups is 1. The number of nitrogens with one attached hydrogen (secondary N) is 1. The first-order chi connectivity index (χ1) is 9.38. The van der Waals surface area contributed by atoms with Gasteiger partial charge in [-0.05, 0) is 19.1 Å². The number of nitrogens with zero attached hydrogens (tertiary/aromatic N) is 2. The van der Waals surface area contributed by atoms with Crippen molar-refractivity contribution in [3.05, 3.63) is 44.7 Å². The van der Waals surface area contributed by atoms with Gasteiger partial charge in [0.1, 0.15) is 10.8 Å². The second kappa shape index (κ2) is 5.30. The first kappa shape index (κ1) is 14.0. The van der Waals surface area contributed by atoms with Crippen LogP contribution in [0.5, 0.6) is 0 Å². The molecular weight excluding hydrogens is 286 g/mol. The number of carbonyl (C=O) groups is 1. The van der Waals surface area contributed by atoms with E-state index in [1.807, 2.05) is 0 Å². The Morgan fingerprint density at radius 3 is 2.85 bits per heavy atom. The standard InChI is InChI=1S/C12H10ClN3O4/c1-6-9(5-11(17)18)15-12(14-6)7-2-3-8(13)10(4-7)16(19)20/h2-4H,5H2,1H3,(H,14,15)(H,17,18). The molecule has 0 radical (unpaired) electrons. The summed E-state index contributed by atoms with van der Waals surface area (Å²) >= 11 is 5.73. The molecule has 0 bridgehead atoms. The first-order valence-electron chi connectivity index (χ1n) is 5.60. The van der Waals surface area contributed by atoms with Crippen molar-refractivity contribution < 1.29 is 14.8 Å². The number of aromatic nitrogens is 2. The molecule has 2 rings (SSSR count). The number of carboxylic acid groups (broad SMARTS) is 1. The third kappa shape index (κ3) is 2.77. The Kier molecular flexibility index (Phi) is 3.71. The molecule has 20 heavy (non-hydrogen) atoms. The minimum atomic E-state index is -0.992. The summed E-state index contributed by atoms with van der Waals surface area (Å²) in [5.41, 5.74) is 1.25. The molecule has 1 aromatic carbocycles. The molecule has 1 aromatic heterocycles. The number of halogens is 1. The molecule has 0 saturated carbocycles. The van der Waals surface area contributed by atoms with Gasteiger partial charge in [-0.3, -0.25) is 14.9 Å². The fraction of sp³-hybridized carbons (Fsp3) is 0.167. The molecule has 7 nitrogen and oxygen atoms in total. The van der Waals surface area contributed by atoms with Crippen LogP contribution < -0.4 is 0 Å². The molecule has 0 saturated heterocycles. The van der Waals surface area contributed by atoms with Crippen molar-refractivity contribution in [3.8, 4) is 11.4 Å². The monoisotopic (exact) mass is 295 g/mol. The molecule has 104 valence electrons. The Hall–Kier alpha value is -2.41. The summed E-state index contributed by atoms with van der Waals surface area (Å²) in [7, 11) is 0. The lowest BCUT2D eigenvalue weighted by atomic mass is 10.2. The topological polar surface area (TPSA) is 109 Å². The third-order valence-electron chi connectivity index (χ3n) is 2.72. The maximum absolute atomic E-state index is 10.8. The maximum atomic E-state index is 10.8. The van der Waals surface area contributed by atoms with Crippen molar-refractivity contribution in [1.29, 1.82) is 0 Å². The molecule has 0 unspecified atom stereocenters. The fourth-order valence-corrected chi connectivity index (χ4v) is 1.94. The van der Waals surface area contributed by atoms with E-state index in [4.69, 9.17) is 16.7 Å². The van der Waals surface area contributed by atoms with E-state index in [2.05, 4.69) is 9.97 Å². The van der Waals surface area contributed by atoms with Gasteiger partial charge in [-0.15, -0.1) is 0 Å². The van der Waals surface area contributed by atoms with E-state index in [-0.39, 0.29) is 17.1 Å². The number of rotatable bonds is 4. The summed E-state index contributed by atoms with van der Waals surface area (Å²) in [4.78, 5) is 28.0. The van der Waals surface area contributed by atoms with Crippen molar-refractivity contribution in [2.75, 3.05) is 0 Å². The smallest absolute Gasteiger partial charge is 0.309 e. The molecular formula is C12H10ClN3O4. The number of aryl methyl sites for hydroxylation is 1. The lowest BCUT2D eigenvalue weighted by Crippen LogP contribution is -2.01. The van der Waals surface area contributed by atoms with E-state index in [0.29, 0.717) is 22.8 Å². The predicted molar refractivity (Wildman–Crippen MR) is 71.8 cm³/mol. The van der Waals surface area contributed by atoms with E-state index in [9.17, 15) is 14.9 Å². The van der Waals surface area contributed by atoms with Gasteiger partial charge in [-0.25, -0.2) is 4.98 Å². The second-order valence-electron chi connectivity index (χ2n) is 4.15. The largest absolute Gasteiger partial charge is 0.481 e. The van der Waals surface area contributed by atoms with E-state index >= 15 is 0 Å². The zero-order valence-electron chi connectivity index (χ0n) is 10.4. The highest BCUT2D eigenvalue weighted by molar-refractivity contribution is 6.32. The molecule has 2 aromatic rings. The quantitative estimate of drug-likeness (QED) is 0.665. The summed E-state index contributed by atoms with van der Waals surface area (Å²) in [6, 6.07) is 4.28. The van der Waals surface area contributed by atoms with Crippen molar-refractivity contribution in [2.24, 2.45) is 0 Å². The number of H-pyrrole nitrogens is 1. The lowest BCUT2D eigenvalue weighted by Gasteiger charge is -1.99. The summed E-state index contributed by atoms with van der Waals surface area (Å²) in [6.07, 6.45) is -0.210. The van der Waals surface area contributed by atoms with E-state index in [0.717, 1.165) is 0 Å². The SMILES string of the molecule is Cc1[nH]c(-c2ccc(Cl)c([N+](=O)[O-])c2)nc1CC(=O)O. The summed E-state index contributed by atoms with van der Waals surface area (Å²) in [5, 5.41) is 19.6. The van der Waals surface area contributed by atoms with Crippen LogP contribution in [0.1, 0.15) is 11.4 Å². The Labute approximate surface area is 118 Å². The zero-order valence-corrected chi connectivity index (χ0v) is 11.1. The van der Waals surface area contributed by atoms with Crippen LogP contribution in [0.25, 0.3) is 11.4 Å². The zero-order chi connectivity index (χ0) is 14.9. The number of aliphatic carboxylic acids is 1. The van der Waals surface area contributed by atoms with Crippen molar-refractivity contribution in [1.82, 2.24) is 9.97 Å². The highest BCUT2D eigenvalue weighted by Gasteiger charge is 2.16. The second-order valence-corrected chi connectivity index (χ2v) is 4.56. The van der Waals surface area contributed by atoms with E-state index in [1.165, 1.54) is 12.1 Å². The number of hydrogen-bond donors (Lipinski definition) is 2. The molecule has 0 aliphatic heterocycles. The summed E-state index contributed by atoms with van der Waals surface area (Å²) < 4.78 is 0. The average molecular weight is 296 g/mol. The molecule has 0 atom stereocenters. The predicted octanol–water partition coefficient (Wildman–Crippen LogP) is 2.57. The highest BCUT2D eigenvalue weighted by atomic mass is 35.5. The molecule has 0 spiro atoms. The molecule has 1 heterocycles. The van der Waals surface area contributed by atoms with Crippen LogP contribution in [-0.4, -0.2) is 26.0 Å². The van der Waals surface area contributed by atoms with Crippen LogP contribution in [0.3, 0.4) is 0 Å². The van der Waals surface area contributed by atoms with Crippen LogP contribution >= 0.6 is 11.6 Å². The first-order valence-corrected chi connectivity index (χ1v) is 5.98. The number of nitro benzene ring substituents is 1. The minimum Gasteiger partial charge on any atom is -0.481 e. The van der Waals surface area contributed by atoms with Gasteiger partial charge in [-0.2, -0.15) is 0 Å². The maximum Gasteiger partial charge on any atom is 0.309 e. The van der Waals surface area contributed by atoms with Crippen LogP contribution in [0.2, 0.25) is 5.02 Å². The molecule has 0 amide bonds. The Morgan fingerprint density at radius 2 is 2.25 bits per heavy atom. The van der Waals surface area contributed by atoms with Crippen LogP contribution in [0.4, 0.5) is 5.69 Å². The number of imidazole rings is 1. The molecule has 2 N–H and O–H groups in total. The third-order valence-corrected chi connectivity index (χ3v) is 3.04. The van der Waals surface area contributed by atoms with Gasteiger partial charge in [0.25, 0.3) is 5.69 Å². The minimum absolute atomic E-state index is 0.0350. The molecule has 0 aliphatic rings. The van der Waals surface area contributed by atoms with Gasteiger partial charge in [0.2, 0.25) is 0 Å².